The van der Waals surface area contributed by atoms with Gasteiger partial charge in [0, 0.05) is 6.92 Å². The average Bonchev–Trinajstić information content (AvgIpc) is 2.15. The maximum Gasteiger partial charge on any atom is 0.304 e. The highest BCUT2D eigenvalue weighted by atomic mass is 16.5. The van der Waals surface area contributed by atoms with Crippen molar-refractivity contribution < 1.29 is 9.53 Å². The zero-order valence-corrected chi connectivity index (χ0v) is 8.95. The molecule has 0 bridgehead atoms. The molecule has 14 heavy (non-hydrogen) atoms. The molecule has 0 aromatic carbocycles. The Morgan fingerprint density at radius 3 is 2.79 bits per heavy atom. The lowest BCUT2D eigenvalue weighted by molar-refractivity contribution is -0.142. The Morgan fingerprint density at radius 1 is 1.57 bits per heavy atom. The van der Waals surface area contributed by atoms with Gasteiger partial charge in [-0.2, -0.15) is 0 Å². The maximum absolute atomic E-state index is 10.6. The van der Waals surface area contributed by atoms with Gasteiger partial charge in [-0.3, -0.25) is 4.79 Å². The lowest BCUT2D eigenvalue weighted by Gasteiger charge is -2.04. The van der Waals surface area contributed by atoms with Crippen molar-refractivity contribution in [1.29, 1.82) is 0 Å². The lowest BCUT2D eigenvalue weighted by Crippen LogP contribution is -2.10. The van der Waals surface area contributed by atoms with Crippen molar-refractivity contribution in [2.75, 3.05) is 0 Å². The monoisotopic (exact) mass is 194 g/mol. The standard InChI is InChI=1S/C12H18O2/c1-4-6-7-8-9-10-12(5-2)14-11(3)13/h2,9-10,12H,4,6-8H2,1,3H3/b10-9+. The van der Waals surface area contributed by atoms with Crippen LogP contribution in [0.15, 0.2) is 12.2 Å². The second-order valence-electron chi connectivity index (χ2n) is 3.12. The molecule has 0 radical (unpaired) electrons. The Morgan fingerprint density at radius 2 is 2.29 bits per heavy atom. The smallest absolute Gasteiger partial charge is 0.304 e. The maximum atomic E-state index is 10.6. The van der Waals surface area contributed by atoms with Gasteiger partial charge in [-0.25, -0.2) is 0 Å². The molecule has 0 aliphatic heterocycles. The lowest BCUT2D eigenvalue weighted by atomic mass is 10.2. The van der Waals surface area contributed by atoms with Crippen LogP contribution in [-0.4, -0.2) is 12.1 Å². The molecular weight excluding hydrogens is 176 g/mol. The van der Waals surface area contributed by atoms with Crippen LogP contribution in [0, 0.1) is 12.3 Å². The molecule has 0 heterocycles. The van der Waals surface area contributed by atoms with Crippen LogP contribution in [0.3, 0.4) is 0 Å². The van der Waals surface area contributed by atoms with Gasteiger partial charge in [-0.05, 0) is 18.9 Å². The number of hydrogen-bond acceptors (Lipinski definition) is 2. The van der Waals surface area contributed by atoms with Crippen molar-refractivity contribution >= 4 is 5.97 Å². The molecule has 0 N–H and O–H groups in total. The van der Waals surface area contributed by atoms with E-state index in [0.29, 0.717) is 0 Å². The summed E-state index contributed by atoms with van der Waals surface area (Å²) < 4.78 is 4.84. The van der Waals surface area contributed by atoms with Crippen LogP contribution in [0.4, 0.5) is 0 Å². The van der Waals surface area contributed by atoms with Gasteiger partial charge in [0.15, 0.2) is 6.10 Å². The quantitative estimate of drug-likeness (QED) is 0.281. The van der Waals surface area contributed by atoms with Crippen molar-refractivity contribution in [3.05, 3.63) is 12.2 Å². The SMILES string of the molecule is C#CC(/C=C/CCCCC)OC(C)=O. The van der Waals surface area contributed by atoms with Crippen molar-refractivity contribution in [2.24, 2.45) is 0 Å². The van der Waals surface area contributed by atoms with E-state index >= 15 is 0 Å². The number of carbonyl (C=O) groups is 1. The number of allylic oxidation sites excluding steroid dienone is 1. The van der Waals surface area contributed by atoms with E-state index < -0.39 is 6.10 Å². The first-order valence-corrected chi connectivity index (χ1v) is 5.00. The normalized spacial score (nSPS) is 12.4. The molecule has 2 heteroatoms. The van der Waals surface area contributed by atoms with E-state index in [1.165, 1.54) is 19.8 Å². The second-order valence-corrected chi connectivity index (χ2v) is 3.12. The zero-order valence-electron chi connectivity index (χ0n) is 8.95. The van der Waals surface area contributed by atoms with E-state index in [1.807, 2.05) is 6.08 Å². The Kier molecular flexibility index (Phi) is 7.64. The van der Waals surface area contributed by atoms with E-state index in [9.17, 15) is 4.79 Å². The van der Waals surface area contributed by atoms with E-state index in [1.54, 1.807) is 6.08 Å². The highest BCUT2D eigenvalue weighted by molar-refractivity contribution is 5.66. The second kappa shape index (κ2) is 8.37. The summed E-state index contributed by atoms with van der Waals surface area (Å²) in [7, 11) is 0. The van der Waals surface area contributed by atoms with Crippen molar-refractivity contribution in [3.8, 4) is 12.3 Å². The largest absolute Gasteiger partial charge is 0.445 e. The summed E-state index contributed by atoms with van der Waals surface area (Å²) in [5.74, 6) is 2.05. The molecular formula is C12H18O2. The van der Waals surface area contributed by atoms with E-state index in [4.69, 9.17) is 11.2 Å². The third kappa shape index (κ3) is 7.42. The number of ether oxygens (including phenoxy) is 1. The molecule has 0 saturated heterocycles. The average molecular weight is 194 g/mol. The third-order valence-corrected chi connectivity index (χ3v) is 1.74. The minimum Gasteiger partial charge on any atom is -0.445 e. The van der Waals surface area contributed by atoms with Crippen LogP contribution in [0.25, 0.3) is 0 Å². The first-order chi connectivity index (χ1) is 6.70. The van der Waals surface area contributed by atoms with Gasteiger partial charge in [0.1, 0.15) is 0 Å². The molecule has 0 aliphatic rings. The Labute approximate surface area is 86.3 Å². The first kappa shape index (κ1) is 12.8. The van der Waals surface area contributed by atoms with Crippen molar-refractivity contribution in [1.82, 2.24) is 0 Å². The molecule has 78 valence electrons. The van der Waals surface area contributed by atoms with Gasteiger partial charge in [0.05, 0.1) is 0 Å². The number of rotatable bonds is 6. The van der Waals surface area contributed by atoms with Gasteiger partial charge < -0.3 is 4.74 Å². The zero-order chi connectivity index (χ0) is 10.8. The molecule has 0 aromatic rings. The van der Waals surface area contributed by atoms with Crippen LogP contribution < -0.4 is 0 Å². The molecule has 0 spiro atoms. The highest BCUT2D eigenvalue weighted by Crippen LogP contribution is 2.01. The fourth-order valence-electron chi connectivity index (χ4n) is 1.04. The summed E-state index contributed by atoms with van der Waals surface area (Å²) in [4.78, 5) is 10.6. The molecule has 2 nitrogen and oxygen atoms in total. The predicted octanol–water partition coefficient (Wildman–Crippen LogP) is 2.69. The summed E-state index contributed by atoms with van der Waals surface area (Å²) >= 11 is 0. The van der Waals surface area contributed by atoms with Crippen LogP contribution in [-0.2, 0) is 9.53 Å². The fraction of sp³-hybridized carbons (Fsp3) is 0.583. The van der Waals surface area contributed by atoms with E-state index in [-0.39, 0.29) is 5.97 Å². The topological polar surface area (TPSA) is 26.3 Å². The summed E-state index contributed by atoms with van der Waals surface area (Å²) in [6, 6.07) is 0. The molecule has 0 amide bonds. The van der Waals surface area contributed by atoms with Crippen molar-refractivity contribution in [2.45, 2.75) is 45.6 Å². The summed E-state index contributed by atoms with van der Waals surface area (Å²) in [6.45, 7) is 3.52. The Bertz CT molecular complexity index is 223. The third-order valence-electron chi connectivity index (χ3n) is 1.74. The molecule has 1 atom stereocenters. The van der Waals surface area contributed by atoms with Crippen molar-refractivity contribution in [3.63, 3.8) is 0 Å². The summed E-state index contributed by atoms with van der Waals surface area (Å²) in [6.07, 6.45) is 13.0. The Balaban J connectivity index is 3.71. The number of esters is 1. The molecule has 0 rings (SSSR count). The minimum atomic E-state index is -0.505. The van der Waals surface area contributed by atoms with Crippen LogP contribution in [0.2, 0.25) is 0 Å². The van der Waals surface area contributed by atoms with Crippen LogP contribution >= 0.6 is 0 Å². The molecule has 0 fully saturated rings. The molecule has 1 unspecified atom stereocenters. The van der Waals surface area contributed by atoms with E-state index in [0.717, 1.165) is 12.8 Å². The first-order valence-electron chi connectivity index (χ1n) is 5.00. The summed E-state index contributed by atoms with van der Waals surface area (Å²) in [5.41, 5.74) is 0. The predicted molar refractivity (Wildman–Crippen MR) is 57.7 cm³/mol. The van der Waals surface area contributed by atoms with Gasteiger partial charge in [-0.15, -0.1) is 6.42 Å². The van der Waals surface area contributed by atoms with Gasteiger partial charge in [0.25, 0.3) is 0 Å². The minimum absolute atomic E-state index is 0.342. The Hall–Kier alpha value is -1.23. The number of hydrogen-bond donors (Lipinski definition) is 0. The molecule has 0 aliphatic carbocycles. The summed E-state index contributed by atoms with van der Waals surface area (Å²) in [5, 5.41) is 0. The van der Waals surface area contributed by atoms with Crippen LogP contribution in [0.1, 0.15) is 39.5 Å². The molecule has 0 aromatic heterocycles. The van der Waals surface area contributed by atoms with E-state index in [2.05, 4.69) is 12.8 Å². The number of carbonyl (C=O) groups excluding carboxylic acids is 1. The fourth-order valence-corrected chi connectivity index (χ4v) is 1.04. The van der Waals surface area contributed by atoms with Gasteiger partial charge >= 0.3 is 5.97 Å². The van der Waals surface area contributed by atoms with Gasteiger partial charge in [0.2, 0.25) is 0 Å². The number of unbranched alkanes of at least 4 members (excludes halogenated alkanes) is 3. The highest BCUT2D eigenvalue weighted by Gasteiger charge is 2.01. The number of terminal acetylenes is 1. The molecule has 0 saturated carbocycles. The van der Waals surface area contributed by atoms with Gasteiger partial charge in [-0.1, -0.05) is 31.8 Å². The van der Waals surface area contributed by atoms with Crippen LogP contribution in [0.5, 0.6) is 0 Å².